The Balaban J connectivity index is 2.04. The van der Waals surface area contributed by atoms with Crippen LogP contribution in [0.25, 0.3) is 10.9 Å². The van der Waals surface area contributed by atoms with E-state index in [4.69, 9.17) is 9.47 Å². The van der Waals surface area contributed by atoms with Gasteiger partial charge in [-0.05, 0) is 38.3 Å². The van der Waals surface area contributed by atoms with Gasteiger partial charge in [0.15, 0.2) is 0 Å². The summed E-state index contributed by atoms with van der Waals surface area (Å²) >= 11 is 0. The van der Waals surface area contributed by atoms with Crippen LogP contribution in [-0.2, 0) is 9.53 Å². The van der Waals surface area contributed by atoms with Crippen LogP contribution in [0.4, 0.5) is 0 Å². The first-order chi connectivity index (χ1) is 9.64. The third-order valence-corrected chi connectivity index (χ3v) is 3.83. The standard InChI is InChI=1S/C16H17NO3/c1-11-10-14(12-6-3-4-7-13(12)17-11)20-16(8-5-9-16)15(18)19-2/h3-4,6-7,10H,5,8-9H2,1-2H3. The second kappa shape index (κ2) is 4.78. The fourth-order valence-electron chi connectivity index (χ4n) is 2.60. The van der Waals surface area contributed by atoms with Gasteiger partial charge < -0.3 is 9.47 Å². The molecule has 0 saturated heterocycles. The number of methoxy groups -OCH3 is 1. The summed E-state index contributed by atoms with van der Waals surface area (Å²) in [6, 6.07) is 9.67. The van der Waals surface area contributed by atoms with Crippen molar-refractivity contribution < 1.29 is 14.3 Å². The number of aromatic nitrogens is 1. The van der Waals surface area contributed by atoms with E-state index in [9.17, 15) is 4.79 Å². The highest BCUT2D eigenvalue weighted by molar-refractivity contribution is 5.87. The van der Waals surface area contributed by atoms with E-state index in [1.165, 1.54) is 7.11 Å². The molecule has 1 fully saturated rings. The van der Waals surface area contributed by atoms with Gasteiger partial charge in [-0.2, -0.15) is 0 Å². The first-order valence-corrected chi connectivity index (χ1v) is 6.78. The number of hydrogen-bond donors (Lipinski definition) is 0. The zero-order valence-corrected chi connectivity index (χ0v) is 11.7. The zero-order valence-electron chi connectivity index (χ0n) is 11.7. The van der Waals surface area contributed by atoms with Crippen LogP contribution in [0.5, 0.6) is 5.75 Å². The maximum Gasteiger partial charge on any atom is 0.350 e. The van der Waals surface area contributed by atoms with Crippen molar-refractivity contribution in [3.63, 3.8) is 0 Å². The van der Waals surface area contributed by atoms with Gasteiger partial charge in [0.2, 0.25) is 5.60 Å². The maximum absolute atomic E-state index is 12.0. The summed E-state index contributed by atoms with van der Waals surface area (Å²) in [5.41, 5.74) is 0.936. The predicted octanol–water partition coefficient (Wildman–Crippen LogP) is 3.02. The van der Waals surface area contributed by atoms with Gasteiger partial charge in [-0.3, -0.25) is 4.98 Å². The second-order valence-electron chi connectivity index (χ2n) is 5.22. The number of benzene rings is 1. The SMILES string of the molecule is COC(=O)C1(Oc2cc(C)nc3ccccc23)CCC1. The summed E-state index contributed by atoms with van der Waals surface area (Å²) in [6.45, 7) is 1.92. The number of esters is 1. The van der Waals surface area contributed by atoms with Gasteiger partial charge in [-0.15, -0.1) is 0 Å². The van der Waals surface area contributed by atoms with E-state index in [1.807, 2.05) is 37.3 Å². The molecular weight excluding hydrogens is 254 g/mol. The number of carbonyl (C=O) groups is 1. The Bertz CT molecular complexity index is 662. The number of pyridine rings is 1. The van der Waals surface area contributed by atoms with Crippen molar-refractivity contribution in [3.05, 3.63) is 36.0 Å². The van der Waals surface area contributed by atoms with Gasteiger partial charge in [0.25, 0.3) is 0 Å². The van der Waals surface area contributed by atoms with Crippen LogP contribution in [0, 0.1) is 6.92 Å². The van der Waals surface area contributed by atoms with E-state index >= 15 is 0 Å². The second-order valence-corrected chi connectivity index (χ2v) is 5.22. The molecule has 0 radical (unpaired) electrons. The number of ether oxygens (including phenoxy) is 2. The molecule has 0 bridgehead atoms. The van der Waals surface area contributed by atoms with Crippen molar-refractivity contribution in [1.82, 2.24) is 4.98 Å². The molecule has 0 aliphatic heterocycles. The Morgan fingerprint density at radius 3 is 2.70 bits per heavy atom. The molecule has 1 aliphatic rings. The quantitative estimate of drug-likeness (QED) is 0.805. The maximum atomic E-state index is 12.0. The van der Waals surface area contributed by atoms with Crippen molar-refractivity contribution >= 4 is 16.9 Å². The smallest absolute Gasteiger partial charge is 0.350 e. The van der Waals surface area contributed by atoms with Crippen LogP contribution in [0.15, 0.2) is 30.3 Å². The van der Waals surface area contributed by atoms with Crippen LogP contribution in [0.1, 0.15) is 25.0 Å². The number of nitrogens with zero attached hydrogens (tertiary/aromatic N) is 1. The van der Waals surface area contributed by atoms with E-state index in [0.29, 0.717) is 18.6 Å². The molecule has 4 nitrogen and oxygen atoms in total. The normalized spacial score (nSPS) is 16.5. The summed E-state index contributed by atoms with van der Waals surface area (Å²) in [5, 5.41) is 0.924. The molecule has 1 saturated carbocycles. The van der Waals surface area contributed by atoms with Crippen molar-refractivity contribution in [2.24, 2.45) is 0 Å². The molecular formula is C16H17NO3. The molecule has 0 N–H and O–H groups in total. The van der Waals surface area contributed by atoms with E-state index in [0.717, 1.165) is 23.0 Å². The van der Waals surface area contributed by atoms with Crippen LogP contribution in [0.3, 0.4) is 0 Å². The molecule has 0 atom stereocenters. The molecule has 0 spiro atoms. The molecule has 2 aromatic rings. The third kappa shape index (κ3) is 2.01. The van der Waals surface area contributed by atoms with Gasteiger partial charge >= 0.3 is 5.97 Å². The number of carbonyl (C=O) groups excluding carboxylic acids is 1. The lowest BCUT2D eigenvalue weighted by molar-refractivity contribution is -0.167. The van der Waals surface area contributed by atoms with Crippen molar-refractivity contribution in [2.75, 3.05) is 7.11 Å². The number of fused-ring (bicyclic) bond motifs is 1. The molecule has 1 aliphatic carbocycles. The monoisotopic (exact) mass is 271 g/mol. The molecule has 104 valence electrons. The average Bonchev–Trinajstić information content (AvgIpc) is 2.41. The lowest BCUT2D eigenvalue weighted by Crippen LogP contribution is -2.51. The van der Waals surface area contributed by atoms with E-state index in [1.54, 1.807) is 0 Å². The van der Waals surface area contributed by atoms with Gasteiger partial charge in [0.1, 0.15) is 5.75 Å². The number of hydrogen-bond acceptors (Lipinski definition) is 4. The topological polar surface area (TPSA) is 48.4 Å². The van der Waals surface area contributed by atoms with Crippen LogP contribution in [0.2, 0.25) is 0 Å². The lowest BCUT2D eigenvalue weighted by atomic mass is 9.80. The highest BCUT2D eigenvalue weighted by atomic mass is 16.6. The zero-order chi connectivity index (χ0) is 14.2. The van der Waals surface area contributed by atoms with E-state index in [-0.39, 0.29) is 5.97 Å². The van der Waals surface area contributed by atoms with Crippen molar-refractivity contribution in [1.29, 1.82) is 0 Å². The van der Waals surface area contributed by atoms with Crippen LogP contribution >= 0.6 is 0 Å². The summed E-state index contributed by atoms with van der Waals surface area (Å²) in [7, 11) is 1.40. The molecule has 3 rings (SSSR count). The van der Waals surface area contributed by atoms with Gasteiger partial charge in [0, 0.05) is 17.1 Å². The minimum atomic E-state index is -0.814. The Kier molecular flexibility index (Phi) is 3.08. The fraction of sp³-hybridized carbons (Fsp3) is 0.375. The minimum Gasteiger partial charge on any atom is -0.475 e. The number of aryl methyl sites for hydroxylation is 1. The summed E-state index contributed by atoms with van der Waals surface area (Å²) < 4.78 is 11.0. The molecule has 1 heterocycles. The highest BCUT2D eigenvalue weighted by Gasteiger charge is 2.48. The Morgan fingerprint density at radius 2 is 2.05 bits per heavy atom. The molecule has 4 heteroatoms. The summed E-state index contributed by atoms with van der Waals surface area (Å²) in [6.07, 6.45) is 2.39. The Morgan fingerprint density at radius 1 is 1.30 bits per heavy atom. The van der Waals surface area contributed by atoms with Crippen LogP contribution in [-0.4, -0.2) is 23.7 Å². The minimum absolute atomic E-state index is 0.290. The third-order valence-electron chi connectivity index (χ3n) is 3.83. The molecule has 0 amide bonds. The first kappa shape index (κ1) is 12.9. The van der Waals surface area contributed by atoms with E-state index < -0.39 is 5.60 Å². The fourth-order valence-corrected chi connectivity index (χ4v) is 2.60. The number of rotatable bonds is 3. The average molecular weight is 271 g/mol. The number of para-hydroxylation sites is 1. The van der Waals surface area contributed by atoms with Crippen LogP contribution < -0.4 is 4.74 Å². The molecule has 0 unspecified atom stereocenters. The molecule has 1 aromatic carbocycles. The van der Waals surface area contributed by atoms with Crippen molar-refractivity contribution in [2.45, 2.75) is 31.8 Å². The summed E-state index contributed by atoms with van der Waals surface area (Å²) in [4.78, 5) is 16.5. The lowest BCUT2D eigenvalue weighted by Gasteiger charge is -2.39. The largest absolute Gasteiger partial charge is 0.475 e. The Labute approximate surface area is 117 Å². The van der Waals surface area contributed by atoms with Gasteiger partial charge in [-0.1, -0.05) is 12.1 Å². The predicted molar refractivity (Wildman–Crippen MR) is 75.7 cm³/mol. The van der Waals surface area contributed by atoms with Gasteiger partial charge in [0.05, 0.1) is 12.6 Å². The highest BCUT2D eigenvalue weighted by Crippen LogP contribution is 2.39. The molecule has 20 heavy (non-hydrogen) atoms. The molecule has 1 aromatic heterocycles. The Hall–Kier alpha value is -2.10. The van der Waals surface area contributed by atoms with E-state index in [2.05, 4.69) is 4.98 Å². The first-order valence-electron chi connectivity index (χ1n) is 6.78. The summed E-state index contributed by atoms with van der Waals surface area (Å²) in [5.74, 6) is 0.417. The van der Waals surface area contributed by atoms with Gasteiger partial charge in [-0.25, -0.2) is 4.79 Å². The van der Waals surface area contributed by atoms with Crippen molar-refractivity contribution in [3.8, 4) is 5.75 Å².